The first kappa shape index (κ1) is 23.1. The summed E-state index contributed by atoms with van der Waals surface area (Å²) in [5.41, 5.74) is 4.11. The first-order valence-electron chi connectivity index (χ1n) is 11.4. The van der Waals surface area contributed by atoms with Gasteiger partial charge in [-0.3, -0.25) is 4.79 Å². The molecule has 0 unspecified atom stereocenters. The smallest absolute Gasteiger partial charge is 0.336 e. The number of esters is 1. The third-order valence-electron chi connectivity index (χ3n) is 6.11. The molecule has 168 valence electrons. The van der Waals surface area contributed by atoms with Gasteiger partial charge in [-0.25, -0.2) is 4.79 Å². The second kappa shape index (κ2) is 9.71. The Morgan fingerprint density at radius 3 is 2.52 bits per heavy atom. The van der Waals surface area contributed by atoms with Gasteiger partial charge in [0.25, 0.3) is 0 Å². The molecule has 1 aliphatic carbocycles. The van der Waals surface area contributed by atoms with Crippen molar-refractivity contribution in [1.29, 1.82) is 0 Å². The molecule has 3 rings (SSSR count). The van der Waals surface area contributed by atoms with Gasteiger partial charge in [-0.2, -0.15) is 0 Å². The van der Waals surface area contributed by atoms with E-state index in [4.69, 9.17) is 9.47 Å². The van der Waals surface area contributed by atoms with E-state index in [-0.39, 0.29) is 23.1 Å². The Balaban J connectivity index is 2.03. The molecule has 0 spiro atoms. The van der Waals surface area contributed by atoms with E-state index in [1.165, 1.54) is 0 Å². The summed E-state index contributed by atoms with van der Waals surface area (Å²) >= 11 is 0. The minimum Gasteiger partial charge on any atom is -0.494 e. The first-order chi connectivity index (χ1) is 14.8. The van der Waals surface area contributed by atoms with E-state index >= 15 is 0 Å². The van der Waals surface area contributed by atoms with Crippen molar-refractivity contribution in [2.24, 2.45) is 5.41 Å². The van der Waals surface area contributed by atoms with Gasteiger partial charge >= 0.3 is 5.97 Å². The lowest BCUT2D eigenvalue weighted by Crippen LogP contribution is -2.39. The van der Waals surface area contributed by atoms with Crippen LogP contribution in [0.1, 0.15) is 78.2 Å². The van der Waals surface area contributed by atoms with Gasteiger partial charge in [-0.15, -0.1) is 0 Å². The van der Waals surface area contributed by atoms with E-state index in [0.29, 0.717) is 31.6 Å². The molecule has 1 aromatic rings. The Morgan fingerprint density at radius 2 is 1.87 bits per heavy atom. The van der Waals surface area contributed by atoms with E-state index in [1.807, 2.05) is 38.1 Å². The molecule has 1 atom stereocenters. The Kier molecular flexibility index (Phi) is 7.24. The zero-order valence-electron chi connectivity index (χ0n) is 19.5. The van der Waals surface area contributed by atoms with Gasteiger partial charge in [-0.1, -0.05) is 45.7 Å². The first-order valence-corrected chi connectivity index (χ1v) is 11.4. The second-order valence-corrected chi connectivity index (χ2v) is 9.11. The molecule has 0 amide bonds. The number of hydrogen-bond donors (Lipinski definition) is 1. The van der Waals surface area contributed by atoms with Crippen LogP contribution in [-0.4, -0.2) is 25.0 Å². The maximum Gasteiger partial charge on any atom is 0.336 e. The minimum atomic E-state index is -0.352. The van der Waals surface area contributed by atoms with Crippen molar-refractivity contribution in [3.05, 3.63) is 52.4 Å². The number of Topliss-reactive ketones (excluding diaryl/α,β-unsaturated/α-hetero) is 1. The third kappa shape index (κ3) is 5.03. The summed E-state index contributed by atoms with van der Waals surface area (Å²) in [5, 5.41) is 3.38. The van der Waals surface area contributed by atoms with Crippen molar-refractivity contribution in [2.45, 2.75) is 72.6 Å². The van der Waals surface area contributed by atoms with Crippen LogP contribution in [-0.2, 0) is 14.3 Å². The van der Waals surface area contributed by atoms with E-state index < -0.39 is 0 Å². The predicted molar refractivity (Wildman–Crippen MR) is 122 cm³/mol. The van der Waals surface area contributed by atoms with Crippen LogP contribution in [0, 0.1) is 5.41 Å². The normalized spacial score (nSPS) is 20.3. The van der Waals surface area contributed by atoms with Gasteiger partial charge in [0.1, 0.15) is 11.5 Å². The van der Waals surface area contributed by atoms with Gasteiger partial charge in [0.05, 0.1) is 18.8 Å². The summed E-state index contributed by atoms with van der Waals surface area (Å²) in [6.07, 6.45) is 3.83. The van der Waals surface area contributed by atoms with Gasteiger partial charge in [0.15, 0.2) is 0 Å². The fourth-order valence-corrected chi connectivity index (χ4v) is 4.80. The molecular weight excluding hydrogens is 390 g/mol. The summed E-state index contributed by atoms with van der Waals surface area (Å²) in [5.74, 6) is 0.505. The summed E-state index contributed by atoms with van der Waals surface area (Å²) in [6, 6.07) is 7.94. The van der Waals surface area contributed by atoms with Gasteiger partial charge in [0.2, 0.25) is 0 Å². The molecule has 31 heavy (non-hydrogen) atoms. The van der Waals surface area contributed by atoms with Gasteiger partial charge in [-0.05, 0) is 49.0 Å². The zero-order chi connectivity index (χ0) is 22.6. The number of dihydropyridines is 1. The molecule has 5 heteroatoms. The lowest BCUT2D eigenvalue weighted by atomic mass is 9.64. The number of ether oxygens (including phenoxy) is 2. The molecule has 1 aliphatic heterocycles. The topological polar surface area (TPSA) is 64.6 Å². The number of carbonyl (C=O) groups is 2. The van der Waals surface area contributed by atoms with E-state index in [0.717, 1.165) is 47.5 Å². The fraction of sp³-hybridized carbons (Fsp3) is 0.538. The van der Waals surface area contributed by atoms with Crippen molar-refractivity contribution >= 4 is 11.8 Å². The molecule has 1 N–H and O–H groups in total. The van der Waals surface area contributed by atoms with Crippen molar-refractivity contribution in [2.75, 3.05) is 13.2 Å². The van der Waals surface area contributed by atoms with Crippen molar-refractivity contribution < 1.29 is 19.1 Å². The molecule has 0 saturated carbocycles. The Hall–Kier alpha value is -2.56. The maximum absolute atomic E-state index is 13.2. The van der Waals surface area contributed by atoms with Crippen molar-refractivity contribution in [3.8, 4) is 5.75 Å². The molecular formula is C26H35NO4. The van der Waals surface area contributed by atoms with E-state index in [2.05, 4.69) is 26.1 Å². The van der Waals surface area contributed by atoms with Crippen LogP contribution in [0.3, 0.4) is 0 Å². The molecule has 0 fully saturated rings. The average Bonchev–Trinajstić information content (AvgIpc) is 2.70. The second-order valence-electron chi connectivity index (χ2n) is 9.11. The molecule has 0 saturated heterocycles. The standard InChI is InChI=1S/C26H35NO4/c1-6-8-9-14-31-25(29)22-17(3)27-21-15-19(28)16-26(4,5)24(21)23(22)18-10-12-20(13-11-18)30-7-2/h10-13,23,27H,6-9,14-16H2,1-5H3/t23-/m1/s1. The van der Waals surface area contributed by atoms with Crippen LogP contribution in [0.15, 0.2) is 46.8 Å². The van der Waals surface area contributed by atoms with E-state index in [9.17, 15) is 9.59 Å². The number of rotatable bonds is 8. The molecule has 1 heterocycles. The fourth-order valence-electron chi connectivity index (χ4n) is 4.80. The highest BCUT2D eigenvalue weighted by Crippen LogP contribution is 2.51. The zero-order valence-corrected chi connectivity index (χ0v) is 19.5. The number of unbranched alkanes of at least 4 members (excludes halogenated alkanes) is 2. The minimum absolute atomic E-state index is 0.222. The van der Waals surface area contributed by atoms with Crippen LogP contribution >= 0.6 is 0 Å². The van der Waals surface area contributed by atoms with Crippen LogP contribution in [0.5, 0.6) is 5.75 Å². The Morgan fingerprint density at radius 1 is 1.16 bits per heavy atom. The highest BCUT2D eigenvalue weighted by atomic mass is 16.5. The van der Waals surface area contributed by atoms with Crippen molar-refractivity contribution in [1.82, 2.24) is 5.32 Å². The molecule has 2 aliphatic rings. The molecule has 5 nitrogen and oxygen atoms in total. The number of nitrogens with one attached hydrogen (secondary N) is 1. The monoisotopic (exact) mass is 425 g/mol. The maximum atomic E-state index is 13.2. The van der Waals surface area contributed by atoms with Gasteiger partial charge < -0.3 is 14.8 Å². The predicted octanol–water partition coefficient (Wildman–Crippen LogP) is 5.42. The number of allylic oxidation sites excluding steroid dienone is 3. The van der Waals surface area contributed by atoms with Crippen LogP contribution < -0.4 is 10.1 Å². The molecule has 0 aromatic heterocycles. The highest BCUT2D eigenvalue weighted by molar-refractivity contribution is 5.94. The van der Waals surface area contributed by atoms with E-state index in [1.54, 1.807) is 0 Å². The quantitative estimate of drug-likeness (QED) is 0.445. The SMILES string of the molecule is CCCCCOC(=O)C1=C(C)NC2=C([C@@H]1c1ccc(OCC)cc1)C(C)(C)CC(=O)C2. The summed E-state index contributed by atoms with van der Waals surface area (Å²) < 4.78 is 11.3. The highest BCUT2D eigenvalue weighted by Gasteiger charge is 2.44. The molecule has 0 bridgehead atoms. The van der Waals surface area contributed by atoms with Gasteiger partial charge in [0, 0.05) is 30.2 Å². The number of benzene rings is 1. The lowest BCUT2D eigenvalue weighted by molar-refractivity contribution is -0.139. The summed E-state index contributed by atoms with van der Waals surface area (Å²) in [4.78, 5) is 25.7. The number of ketones is 1. The number of carbonyl (C=O) groups excluding carboxylic acids is 2. The van der Waals surface area contributed by atoms with Crippen molar-refractivity contribution in [3.63, 3.8) is 0 Å². The average molecular weight is 426 g/mol. The summed E-state index contributed by atoms with van der Waals surface area (Å²) in [7, 11) is 0. The molecule has 1 aromatic carbocycles. The van der Waals surface area contributed by atoms with Crippen LogP contribution in [0.2, 0.25) is 0 Å². The third-order valence-corrected chi connectivity index (χ3v) is 6.11. The Bertz CT molecular complexity index is 892. The lowest BCUT2D eigenvalue weighted by Gasteiger charge is -2.43. The van der Waals surface area contributed by atoms with Crippen LogP contribution in [0.4, 0.5) is 0 Å². The molecule has 0 radical (unpaired) electrons. The van der Waals surface area contributed by atoms with Crippen LogP contribution in [0.25, 0.3) is 0 Å². The largest absolute Gasteiger partial charge is 0.494 e. The Labute approximate surface area is 185 Å². The number of hydrogen-bond acceptors (Lipinski definition) is 5. The summed E-state index contributed by atoms with van der Waals surface area (Å²) in [6.45, 7) is 11.2.